The lowest BCUT2D eigenvalue weighted by Crippen LogP contribution is -2.43. The summed E-state index contributed by atoms with van der Waals surface area (Å²) in [5.41, 5.74) is 2.70. The molecule has 0 spiro atoms. The topological polar surface area (TPSA) is 84.2 Å². The van der Waals surface area contributed by atoms with Crippen molar-refractivity contribution in [1.82, 2.24) is 20.4 Å². The van der Waals surface area contributed by atoms with Crippen LogP contribution in [0.15, 0.2) is 34.9 Å². The summed E-state index contributed by atoms with van der Waals surface area (Å²) in [4.78, 5) is 24.1. The number of hydrogen-bond acceptors (Lipinski definition) is 6. The molecule has 158 valence electrons. The lowest BCUT2D eigenvalue weighted by atomic mass is 9.96. The minimum atomic E-state index is -0.0364. The number of fused-ring (bicyclic) bond motifs is 1. The third-order valence-corrected chi connectivity index (χ3v) is 5.71. The van der Waals surface area contributed by atoms with E-state index in [1.807, 2.05) is 19.9 Å². The van der Waals surface area contributed by atoms with Crippen molar-refractivity contribution in [2.45, 2.75) is 46.0 Å². The summed E-state index contributed by atoms with van der Waals surface area (Å²) in [6.07, 6.45) is 4.53. The molecule has 1 aliphatic heterocycles. The number of carbonyl (C=O) groups is 1. The van der Waals surface area contributed by atoms with Crippen molar-refractivity contribution < 1.29 is 9.32 Å². The second kappa shape index (κ2) is 9.24. The first-order valence-electron chi connectivity index (χ1n) is 10.8. The number of carbonyl (C=O) groups excluding carboxylic acids is 1. The van der Waals surface area contributed by atoms with Gasteiger partial charge in [-0.1, -0.05) is 42.4 Å². The third kappa shape index (κ3) is 4.45. The molecule has 1 aromatic carbocycles. The molecule has 1 saturated heterocycles. The maximum atomic E-state index is 12.8. The first-order valence-corrected chi connectivity index (χ1v) is 10.8. The molecule has 2 aromatic heterocycles. The van der Waals surface area contributed by atoms with E-state index < -0.39 is 0 Å². The lowest BCUT2D eigenvalue weighted by molar-refractivity contribution is -0.125. The molecule has 1 amide bonds. The summed E-state index contributed by atoms with van der Waals surface area (Å²) in [5.74, 6) is 1.60. The van der Waals surface area contributed by atoms with E-state index in [-0.39, 0.29) is 11.8 Å². The van der Waals surface area contributed by atoms with Crippen LogP contribution in [0.25, 0.3) is 11.1 Å². The van der Waals surface area contributed by atoms with Crippen LogP contribution in [0.4, 0.5) is 5.82 Å². The molecule has 0 bridgehead atoms. The highest BCUT2D eigenvalue weighted by molar-refractivity contribution is 5.89. The summed E-state index contributed by atoms with van der Waals surface area (Å²) in [5, 5.41) is 8.17. The van der Waals surface area contributed by atoms with E-state index in [2.05, 4.69) is 44.6 Å². The van der Waals surface area contributed by atoms with Gasteiger partial charge in [-0.3, -0.25) is 4.79 Å². The molecule has 0 aliphatic carbocycles. The minimum absolute atomic E-state index is 0.0364. The molecule has 0 saturated carbocycles. The van der Waals surface area contributed by atoms with E-state index in [4.69, 9.17) is 9.51 Å². The van der Waals surface area contributed by atoms with Crippen molar-refractivity contribution in [3.05, 3.63) is 47.4 Å². The second-order valence-corrected chi connectivity index (χ2v) is 7.92. The molecule has 3 heterocycles. The van der Waals surface area contributed by atoms with Gasteiger partial charge in [0, 0.05) is 19.6 Å². The number of anilines is 1. The molecule has 1 N–H and O–H groups in total. The van der Waals surface area contributed by atoms with Gasteiger partial charge in [-0.2, -0.15) is 4.98 Å². The molecular weight excluding hydrogens is 378 g/mol. The number of nitrogens with one attached hydrogen (secondary N) is 1. The maximum Gasteiger partial charge on any atom is 0.263 e. The Morgan fingerprint density at radius 3 is 2.90 bits per heavy atom. The zero-order valence-electron chi connectivity index (χ0n) is 17.7. The fourth-order valence-electron chi connectivity index (χ4n) is 4.14. The van der Waals surface area contributed by atoms with Gasteiger partial charge in [0.2, 0.25) is 5.91 Å². The molecule has 1 fully saturated rings. The number of rotatable bonds is 7. The van der Waals surface area contributed by atoms with Crippen LogP contribution in [0.5, 0.6) is 0 Å². The van der Waals surface area contributed by atoms with E-state index in [1.54, 1.807) is 0 Å². The Bertz CT molecular complexity index is 1000. The van der Waals surface area contributed by atoms with E-state index in [1.165, 1.54) is 5.56 Å². The van der Waals surface area contributed by atoms with Gasteiger partial charge in [-0.25, -0.2) is 4.98 Å². The summed E-state index contributed by atoms with van der Waals surface area (Å²) >= 11 is 0. The van der Waals surface area contributed by atoms with Crippen molar-refractivity contribution in [1.29, 1.82) is 0 Å². The van der Waals surface area contributed by atoms with Crippen LogP contribution in [-0.4, -0.2) is 40.7 Å². The molecule has 1 aliphatic rings. The number of benzene rings is 1. The average Bonchev–Trinajstić information content (AvgIpc) is 3.19. The fraction of sp³-hybridized carbons (Fsp3) is 0.478. The molecule has 7 nitrogen and oxygen atoms in total. The zero-order chi connectivity index (χ0) is 20.9. The van der Waals surface area contributed by atoms with Gasteiger partial charge >= 0.3 is 0 Å². The van der Waals surface area contributed by atoms with Gasteiger partial charge in [0.25, 0.3) is 5.71 Å². The Balaban J connectivity index is 1.39. The van der Waals surface area contributed by atoms with Crippen molar-refractivity contribution in [2.75, 3.05) is 24.5 Å². The van der Waals surface area contributed by atoms with Crippen LogP contribution >= 0.6 is 0 Å². The van der Waals surface area contributed by atoms with Crippen LogP contribution in [-0.2, 0) is 17.6 Å². The Kier molecular flexibility index (Phi) is 6.26. The molecule has 0 radical (unpaired) electrons. The number of amides is 1. The SMILES string of the molecule is CCc1noc2nc(C)nc(N3CCC[C@@H](C(=O)NCCCc4ccccc4)C3)c12. The molecule has 7 heteroatoms. The van der Waals surface area contributed by atoms with Gasteiger partial charge in [0.15, 0.2) is 0 Å². The van der Waals surface area contributed by atoms with Gasteiger partial charge in [0.05, 0.1) is 11.6 Å². The van der Waals surface area contributed by atoms with Crippen LogP contribution in [0.1, 0.15) is 43.3 Å². The van der Waals surface area contributed by atoms with Crippen LogP contribution in [0, 0.1) is 12.8 Å². The average molecular weight is 408 g/mol. The number of nitrogens with zero attached hydrogens (tertiary/aromatic N) is 4. The van der Waals surface area contributed by atoms with Crippen molar-refractivity contribution >= 4 is 22.8 Å². The highest BCUT2D eigenvalue weighted by Gasteiger charge is 2.29. The number of hydrogen-bond donors (Lipinski definition) is 1. The number of piperidine rings is 1. The first-order chi connectivity index (χ1) is 14.7. The van der Waals surface area contributed by atoms with Crippen LogP contribution < -0.4 is 10.2 Å². The smallest absolute Gasteiger partial charge is 0.263 e. The number of aryl methyl sites for hydroxylation is 3. The van der Waals surface area contributed by atoms with E-state index in [9.17, 15) is 4.79 Å². The van der Waals surface area contributed by atoms with E-state index >= 15 is 0 Å². The minimum Gasteiger partial charge on any atom is -0.356 e. The highest BCUT2D eigenvalue weighted by Crippen LogP contribution is 2.30. The normalized spacial score (nSPS) is 16.7. The van der Waals surface area contributed by atoms with Crippen molar-refractivity contribution in [3.63, 3.8) is 0 Å². The standard InChI is InChI=1S/C23H29N5O2/c1-3-19-20-21(25-16(2)26-23(20)30-27-19)28-14-8-12-18(15-28)22(29)24-13-7-11-17-9-5-4-6-10-17/h4-6,9-10,18H,3,7-8,11-15H2,1-2H3,(H,24,29)/t18-/m1/s1. The second-order valence-electron chi connectivity index (χ2n) is 7.92. The Morgan fingerprint density at radius 2 is 2.10 bits per heavy atom. The van der Waals surface area contributed by atoms with Gasteiger partial charge in [-0.15, -0.1) is 0 Å². The summed E-state index contributed by atoms with van der Waals surface area (Å²) in [6.45, 7) is 6.13. The first kappa shape index (κ1) is 20.3. The maximum absolute atomic E-state index is 12.8. The van der Waals surface area contributed by atoms with Gasteiger partial charge < -0.3 is 14.7 Å². The molecular formula is C23H29N5O2. The zero-order valence-corrected chi connectivity index (χ0v) is 17.7. The highest BCUT2D eigenvalue weighted by atomic mass is 16.5. The Hall–Kier alpha value is -2.96. The van der Waals surface area contributed by atoms with E-state index in [0.717, 1.165) is 55.5 Å². The predicted molar refractivity (Wildman–Crippen MR) is 116 cm³/mol. The Morgan fingerprint density at radius 1 is 1.27 bits per heavy atom. The summed E-state index contributed by atoms with van der Waals surface area (Å²) in [6, 6.07) is 10.4. The van der Waals surface area contributed by atoms with Gasteiger partial charge in [0.1, 0.15) is 17.0 Å². The lowest BCUT2D eigenvalue weighted by Gasteiger charge is -2.33. The fourth-order valence-corrected chi connectivity index (χ4v) is 4.14. The van der Waals surface area contributed by atoms with Crippen molar-refractivity contribution in [3.8, 4) is 0 Å². The molecule has 30 heavy (non-hydrogen) atoms. The quantitative estimate of drug-likeness (QED) is 0.604. The summed E-state index contributed by atoms with van der Waals surface area (Å²) < 4.78 is 5.42. The summed E-state index contributed by atoms with van der Waals surface area (Å²) in [7, 11) is 0. The molecule has 3 aromatic rings. The number of aromatic nitrogens is 3. The van der Waals surface area contributed by atoms with Crippen LogP contribution in [0.3, 0.4) is 0 Å². The monoisotopic (exact) mass is 407 g/mol. The van der Waals surface area contributed by atoms with Gasteiger partial charge in [-0.05, 0) is 44.6 Å². The van der Waals surface area contributed by atoms with Crippen LogP contribution in [0.2, 0.25) is 0 Å². The molecule has 1 atom stereocenters. The van der Waals surface area contributed by atoms with E-state index in [0.29, 0.717) is 24.6 Å². The molecule has 4 rings (SSSR count). The largest absolute Gasteiger partial charge is 0.356 e. The Labute approximate surface area is 176 Å². The third-order valence-electron chi connectivity index (χ3n) is 5.71. The molecule has 0 unspecified atom stereocenters. The predicted octanol–water partition coefficient (Wildman–Crippen LogP) is 3.45. The van der Waals surface area contributed by atoms with Crippen molar-refractivity contribution in [2.24, 2.45) is 5.92 Å².